The number of guanidine groups is 1. The van der Waals surface area contributed by atoms with E-state index in [2.05, 4.69) is 22.0 Å². The van der Waals surface area contributed by atoms with Crippen LogP contribution in [0.3, 0.4) is 0 Å². The maximum atomic E-state index is 11.6. The number of nitrogens with one attached hydrogen (secondary N) is 3. The van der Waals surface area contributed by atoms with E-state index in [0.717, 1.165) is 36.9 Å². The first-order valence-electron chi connectivity index (χ1n) is 9.03. The van der Waals surface area contributed by atoms with Crippen molar-refractivity contribution >= 4 is 23.5 Å². The van der Waals surface area contributed by atoms with E-state index in [9.17, 15) is 4.79 Å². The zero-order chi connectivity index (χ0) is 18.3. The molecular weight excluding hydrogens is 336 g/mol. The second kappa shape index (κ2) is 9.09. The zero-order valence-corrected chi connectivity index (χ0v) is 16.1. The van der Waals surface area contributed by atoms with E-state index < -0.39 is 0 Å². The lowest BCUT2D eigenvalue weighted by molar-refractivity contribution is -0.123. The molecule has 1 fully saturated rings. The van der Waals surface area contributed by atoms with Crippen molar-refractivity contribution in [2.24, 2.45) is 10.9 Å². The zero-order valence-electron chi connectivity index (χ0n) is 15.4. The second-order valence-corrected chi connectivity index (χ2v) is 7.29. The highest BCUT2D eigenvalue weighted by molar-refractivity contribution is 6.30. The van der Waals surface area contributed by atoms with Gasteiger partial charge in [0.05, 0.1) is 6.54 Å². The van der Waals surface area contributed by atoms with Gasteiger partial charge in [-0.05, 0) is 37.5 Å². The van der Waals surface area contributed by atoms with Crippen LogP contribution in [0.4, 0.5) is 0 Å². The number of carbonyl (C=O) groups is 1. The molecule has 0 heterocycles. The molecule has 0 radical (unpaired) electrons. The van der Waals surface area contributed by atoms with Crippen LogP contribution in [0.15, 0.2) is 29.3 Å². The highest BCUT2D eigenvalue weighted by atomic mass is 35.5. The largest absolute Gasteiger partial charge is 0.357 e. The van der Waals surface area contributed by atoms with Crippen LogP contribution in [-0.4, -0.2) is 38.0 Å². The van der Waals surface area contributed by atoms with Gasteiger partial charge in [0.25, 0.3) is 0 Å². The maximum absolute atomic E-state index is 11.6. The molecule has 2 rings (SSSR count). The molecule has 25 heavy (non-hydrogen) atoms. The lowest BCUT2D eigenvalue weighted by Gasteiger charge is -2.16. The Bertz CT molecular complexity index is 611. The van der Waals surface area contributed by atoms with Gasteiger partial charge < -0.3 is 16.0 Å². The topological polar surface area (TPSA) is 65.5 Å². The molecule has 1 aliphatic carbocycles. The molecule has 0 atom stereocenters. The minimum atomic E-state index is 0.00863. The quantitative estimate of drug-likeness (QED) is 0.377. The third-order valence-electron chi connectivity index (χ3n) is 4.42. The van der Waals surface area contributed by atoms with Gasteiger partial charge in [-0.15, -0.1) is 0 Å². The minimum Gasteiger partial charge on any atom is -0.357 e. The van der Waals surface area contributed by atoms with E-state index in [-0.39, 0.29) is 17.2 Å². The molecule has 138 valence electrons. The van der Waals surface area contributed by atoms with Crippen molar-refractivity contribution in [3.05, 3.63) is 34.9 Å². The average Bonchev–Trinajstić information content (AvgIpc) is 3.37. The van der Waals surface area contributed by atoms with Crippen LogP contribution < -0.4 is 16.0 Å². The van der Waals surface area contributed by atoms with Crippen LogP contribution in [0.25, 0.3) is 0 Å². The molecule has 1 saturated carbocycles. The van der Waals surface area contributed by atoms with E-state index in [1.165, 1.54) is 5.56 Å². The summed E-state index contributed by atoms with van der Waals surface area (Å²) in [5, 5.41) is 10.2. The van der Waals surface area contributed by atoms with Crippen LogP contribution in [0, 0.1) is 5.92 Å². The molecule has 1 amide bonds. The summed E-state index contributed by atoms with van der Waals surface area (Å²) in [7, 11) is 0. The molecule has 0 unspecified atom stereocenters. The highest BCUT2D eigenvalue weighted by Gasteiger charge is 2.44. The van der Waals surface area contributed by atoms with Gasteiger partial charge in [0.1, 0.15) is 0 Å². The molecule has 1 aromatic carbocycles. The maximum Gasteiger partial charge on any atom is 0.222 e. The SMILES string of the molecule is CCNC(=NCC1(c2cccc(Cl)c2)CC1)NCCNC(=O)C(C)C. The van der Waals surface area contributed by atoms with Crippen molar-refractivity contribution in [2.45, 2.75) is 39.0 Å². The number of hydrogen-bond donors (Lipinski definition) is 3. The monoisotopic (exact) mass is 364 g/mol. The molecule has 0 saturated heterocycles. The fourth-order valence-corrected chi connectivity index (χ4v) is 2.84. The van der Waals surface area contributed by atoms with Gasteiger partial charge in [-0.3, -0.25) is 9.79 Å². The number of nitrogens with zero attached hydrogens (tertiary/aromatic N) is 1. The summed E-state index contributed by atoms with van der Waals surface area (Å²) >= 11 is 6.13. The van der Waals surface area contributed by atoms with Crippen molar-refractivity contribution in [3.8, 4) is 0 Å². The predicted molar refractivity (Wildman–Crippen MR) is 104 cm³/mol. The Morgan fingerprint density at radius 3 is 2.56 bits per heavy atom. The van der Waals surface area contributed by atoms with Crippen LogP contribution in [0.1, 0.15) is 39.2 Å². The van der Waals surface area contributed by atoms with Crippen LogP contribution in [0.5, 0.6) is 0 Å². The summed E-state index contributed by atoms with van der Waals surface area (Å²) in [5.74, 6) is 0.866. The standard InChI is InChI=1S/C19H29ClN4O/c1-4-21-18(23-11-10-22-17(25)14(2)3)24-13-19(8-9-19)15-6-5-7-16(20)12-15/h5-7,12,14H,4,8-11,13H2,1-3H3,(H,22,25)(H2,21,23,24). The fourth-order valence-electron chi connectivity index (χ4n) is 2.65. The van der Waals surface area contributed by atoms with Crippen molar-refractivity contribution in [1.29, 1.82) is 0 Å². The summed E-state index contributed by atoms with van der Waals surface area (Å²) in [6, 6.07) is 8.09. The summed E-state index contributed by atoms with van der Waals surface area (Å²) in [6.07, 6.45) is 2.28. The number of amides is 1. The average molecular weight is 365 g/mol. The van der Waals surface area contributed by atoms with E-state index >= 15 is 0 Å². The Balaban J connectivity index is 1.88. The highest BCUT2D eigenvalue weighted by Crippen LogP contribution is 2.48. The Morgan fingerprint density at radius 1 is 1.24 bits per heavy atom. The van der Waals surface area contributed by atoms with Gasteiger partial charge in [0.2, 0.25) is 5.91 Å². The summed E-state index contributed by atoms with van der Waals surface area (Å²) in [5.41, 5.74) is 1.39. The molecule has 5 nitrogen and oxygen atoms in total. The lowest BCUT2D eigenvalue weighted by Crippen LogP contribution is -2.42. The van der Waals surface area contributed by atoms with Crippen molar-refractivity contribution in [3.63, 3.8) is 0 Å². The third kappa shape index (κ3) is 5.92. The van der Waals surface area contributed by atoms with Crippen LogP contribution in [0.2, 0.25) is 5.02 Å². The van der Waals surface area contributed by atoms with Gasteiger partial charge in [0.15, 0.2) is 5.96 Å². The molecule has 0 bridgehead atoms. The van der Waals surface area contributed by atoms with E-state index in [1.54, 1.807) is 0 Å². The molecule has 1 aliphatic rings. The molecule has 0 aromatic heterocycles. The fraction of sp³-hybridized carbons (Fsp3) is 0.579. The third-order valence-corrected chi connectivity index (χ3v) is 4.65. The first kappa shape index (κ1) is 19.6. The van der Waals surface area contributed by atoms with Crippen molar-refractivity contribution in [2.75, 3.05) is 26.2 Å². The van der Waals surface area contributed by atoms with E-state index in [4.69, 9.17) is 16.6 Å². The van der Waals surface area contributed by atoms with Crippen LogP contribution >= 0.6 is 11.6 Å². The number of halogens is 1. The normalized spacial score (nSPS) is 15.8. The number of carbonyl (C=O) groups excluding carboxylic acids is 1. The first-order chi connectivity index (χ1) is 12.0. The minimum absolute atomic E-state index is 0.00863. The summed E-state index contributed by atoms with van der Waals surface area (Å²) in [6.45, 7) is 8.59. The summed E-state index contributed by atoms with van der Waals surface area (Å²) in [4.78, 5) is 16.3. The number of hydrogen-bond acceptors (Lipinski definition) is 2. The van der Waals surface area contributed by atoms with Gasteiger partial charge in [-0.2, -0.15) is 0 Å². The Hall–Kier alpha value is -1.75. The molecule has 1 aromatic rings. The van der Waals surface area contributed by atoms with E-state index in [0.29, 0.717) is 13.1 Å². The Kier molecular flexibility index (Phi) is 7.12. The molecule has 0 spiro atoms. The first-order valence-corrected chi connectivity index (χ1v) is 9.40. The van der Waals surface area contributed by atoms with Crippen LogP contribution in [-0.2, 0) is 10.2 Å². The molecular formula is C19H29ClN4O. The van der Waals surface area contributed by atoms with Gasteiger partial charge >= 0.3 is 0 Å². The lowest BCUT2D eigenvalue weighted by atomic mass is 9.96. The Morgan fingerprint density at radius 2 is 1.96 bits per heavy atom. The number of aliphatic imine (C=N–C) groups is 1. The summed E-state index contributed by atoms with van der Waals surface area (Å²) < 4.78 is 0. The van der Waals surface area contributed by atoms with Crippen molar-refractivity contribution < 1.29 is 4.79 Å². The number of benzene rings is 1. The van der Waals surface area contributed by atoms with Gasteiger partial charge in [-0.1, -0.05) is 37.6 Å². The Labute approximate surface area is 155 Å². The number of rotatable bonds is 8. The second-order valence-electron chi connectivity index (χ2n) is 6.86. The van der Waals surface area contributed by atoms with Gasteiger partial charge in [-0.25, -0.2) is 0 Å². The van der Waals surface area contributed by atoms with E-state index in [1.807, 2.05) is 39.0 Å². The molecule has 6 heteroatoms. The van der Waals surface area contributed by atoms with Crippen molar-refractivity contribution in [1.82, 2.24) is 16.0 Å². The smallest absolute Gasteiger partial charge is 0.222 e. The molecule has 3 N–H and O–H groups in total. The van der Waals surface area contributed by atoms with Gasteiger partial charge in [0, 0.05) is 36.0 Å². The molecule has 0 aliphatic heterocycles. The predicted octanol–water partition coefficient (Wildman–Crippen LogP) is 2.70.